The maximum absolute atomic E-state index is 6.01. The Morgan fingerprint density at radius 1 is 1.17 bits per heavy atom. The van der Waals surface area contributed by atoms with Crippen LogP contribution in [0.25, 0.3) is 0 Å². The van der Waals surface area contributed by atoms with Gasteiger partial charge in [-0.1, -0.05) is 25.4 Å². The number of aromatic nitrogens is 2. The first kappa shape index (κ1) is 17.9. The molecule has 0 aromatic carbocycles. The molecule has 1 fully saturated rings. The van der Waals surface area contributed by atoms with Crippen LogP contribution in [0.15, 0.2) is 16.5 Å². The lowest BCUT2D eigenvalue weighted by atomic mass is 10.1. The van der Waals surface area contributed by atoms with Crippen molar-refractivity contribution in [3.8, 4) is 0 Å². The topological polar surface area (TPSA) is 45.4 Å². The van der Waals surface area contributed by atoms with Crippen molar-refractivity contribution in [3.63, 3.8) is 0 Å². The van der Waals surface area contributed by atoms with E-state index in [1.807, 2.05) is 6.07 Å². The molecule has 1 unspecified atom stereocenters. The highest BCUT2D eigenvalue weighted by Gasteiger charge is 2.25. The first-order chi connectivity index (χ1) is 11.5. The monoisotopic (exact) mass is 368 g/mol. The van der Waals surface area contributed by atoms with Gasteiger partial charge in [-0.15, -0.1) is 21.5 Å². The molecule has 0 amide bonds. The molecular weight excluding hydrogens is 344 g/mol. The molecule has 7 heteroatoms. The number of piperazine rings is 1. The van der Waals surface area contributed by atoms with Crippen molar-refractivity contribution in [3.05, 3.63) is 33.1 Å². The van der Waals surface area contributed by atoms with E-state index in [4.69, 9.17) is 16.0 Å². The summed E-state index contributed by atoms with van der Waals surface area (Å²) in [5, 5.41) is 8.43. The van der Waals surface area contributed by atoms with Gasteiger partial charge in [-0.05, 0) is 25.0 Å². The second-order valence-corrected chi connectivity index (χ2v) is 8.63. The molecule has 132 valence electrons. The molecule has 0 saturated carbocycles. The summed E-state index contributed by atoms with van der Waals surface area (Å²) < 4.78 is 6.71. The van der Waals surface area contributed by atoms with Gasteiger partial charge in [0.25, 0.3) is 0 Å². The minimum atomic E-state index is 0.178. The second kappa shape index (κ2) is 7.95. The highest BCUT2D eigenvalue weighted by atomic mass is 35.5. The van der Waals surface area contributed by atoms with Crippen LogP contribution in [0.2, 0.25) is 4.34 Å². The minimum absolute atomic E-state index is 0.178. The molecule has 0 bridgehead atoms. The number of hydrogen-bond acceptors (Lipinski definition) is 6. The van der Waals surface area contributed by atoms with Crippen molar-refractivity contribution in [2.45, 2.75) is 39.8 Å². The molecule has 3 rings (SSSR count). The standard InChI is InChI=1S/C17H25ClN4OS/c1-12(2)10-16-19-20-17(23-16)13(3)22-8-6-21(7-9-22)11-14-4-5-15(18)24-14/h4-5,12-13H,6-11H2,1-3H3. The minimum Gasteiger partial charge on any atom is -0.424 e. The third kappa shape index (κ3) is 4.57. The SMILES string of the molecule is CC(C)Cc1nnc(C(C)N2CCN(Cc3ccc(Cl)s3)CC2)o1. The maximum atomic E-state index is 6.01. The predicted molar refractivity (Wildman–Crippen MR) is 97.4 cm³/mol. The summed E-state index contributed by atoms with van der Waals surface area (Å²) in [6, 6.07) is 4.28. The second-order valence-electron chi connectivity index (χ2n) is 6.83. The first-order valence-electron chi connectivity index (χ1n) is 8.54. The van der Waals surface area contributed by atoms with Crippen LogP contribution < -0.4 is 0 Å². The van der Waals surface area contributed by atoms with Crippen LogP contribution in [0.3, 0.4) is 0 Å². The third-order valence-corrected chi connectivity index (χ3v) is 5.60. The molecule has 24 heavy (non-hydrogen) atoms. The van der Waals surface area contributed by atoms with Crippen LogP contribution in [0, 0.1) is 5.92 Å². The molecule has 0 aliphatic carbocycles. The molecule has 1 aliphatic rings. The van der Waals surface area contributed by atoms with Crippen molar-refractivity contribution >= 4 is 22.9 Å². The summed E-state index contributed by atoms with van der Waals surface area (Å²) in [6.07, 6.45) is 0.844. The fourth-order valence-corrected chi connectivity index (χ4v) is 4.12. The van der Waals surface area contributed by atoms with Gasteiger partial charge in [0, 0.05) is 44.0 Å². The van der Waals surface area contributed by atoms with E-state index in [0.717, 1.165) is 55.3 Å². The van der Waals surface area contributed by atoms with E-state index in [2.05, 4.69) is 46.8 Å². The molecule has 5 nitrogen and oxygen atoms in total. The number of halogens is 1. The van der Waals surface area contributed by atoms with E-state index in [-0.39, 0.29) is 6.04 Å². The lowest BCUT2D eigenvalue weighted by Gasteiger charge is -2.36. The van der Waals surface area contributed by atoms with Crippen LogP contribution in [0.4, 0.5) is 0 Å². The largest absolute Gasteiger partial charge is 0.424 e. The molecular formula is C17H25ClN4OS. The molecule has 0 radical (unpaired) electrons. The van der Waals surface area contributed by atoms with Gasteiger partial charge in [-0.2, -0.15) is 0 Å². The summed E-state index contributed by atoms with van der Waals surface area (Å²) in [7, 11) is 0. The number of rotatable bonds is 6. The Morgan fingerprint density at radius 2 is 1.92 bits per heavy atom. The maximum Gasteiger partial charge on any atom is 0.233 e. The quantitative estimate of drug-likeness (QED) is 0.774. The van der Waals surface area contributed by atoms with Crippen LogP contribution in [0.5, 0.6) is 0 Å². The number of hydrogen-bond donors (Lipinski definition) is 0. The van der Waals surface area contributed by atoms with Gasteiger partial charge in [0.2, 0.25) is 11.8 Å². The summed E-state index contributed by atoms with van der Waals surface area (Å²) in [5.74, 6) is 2.02. The average molecular weight is 369 g/mol. The Balaban J connectivity index is 1.51. The van der Waals surface area contributed by atoms with E-state index < -0.39 is 0 Å². The molecule has 2 aromatic rings. The highest BCUT2D eigenvalue weighted by molar-refractivity contribution is 7.16. The highest BCUT2D eigenvalue weighted by Crippen LogP contribution is 2.25. The van der Waals surface area contributed by atoms with Crippen molar-refractivity contribution in [1.82, 2.24) is 20.0 Å². The molecule has 2 aromatic heterocycles. The number of nitrogens with zero attached hydrogens (tertiary/aromatic N) is 4. The van der Waals surface area contributed by atoms with Gasteiger partial charge >= 0.3 is 0 Å². The molecule has 0 N–H and O–H groups in total. The van der Waals surface area contributed by atoms with E-state index in [1.165, 1.54) is 4.88 Å². The molecule has 1 atom stereocenters. The summed E-state index contributed by atoms with van der Waals surface area (Å²) >= 11 is 7.68. The Hall–Kier alpha value is -0.950. The van der Waals surface area contributed by atoms with E-state index >= 15 is 0 Å². The van der Waals surface area contributed by atoms with Crippen molar-refractivity contribution in [2.24, 2.45) is 5.92 Å². The van der Waals surface area contributed by atoms with Gasteiger partial charge in [-0.25, -0.2) is 0 Å². The zero-order valence-electron chi connectivity index (χ0n) is 14.5. The van der Waals surface area contributed by atoms with E-state index in [9.17, 15) is 0 Å². The average Bonchev–Trinajstić information content (AvgIpc) is 3.16. The Bertz CT molecular complexity index is 649. The first-order valence-corrected chi connectivity index (χ1v) is 9.73. The lowest BCUT2D eigenvalue weighted by Crippen LogP contribution is -2.46. The summed E-state index contributed by atoms with van der Waals surface area (Å²) in [5.41, 5.74) is 0. The molecule has 0 spiro atoms. The normalized spacial score (nSPS) is 18.4. The van der Waals surface area contributed by atoms with Crippen LogP contribution in [-0.4, -0.2) is 46.2 Å². The molecule has 3 heterocycles. The fourth-order valence-electron chi connectivity index (χ4n) is 2.99. The zero-order chi connectivity index (χ0) is 17.1. The zero-order valence-corrected chi connectivity index (χ0v) is 16.1. The van der Waals surface area contributed by atoms with E-state index in [1.54, 1.807) is 11.3 Å². The van der Waals surface area contributed by atoms with Gasteiger partial charge in [-0.3, -0.25) is 9.80 Å². The fraction of sp³-hybridized carbons (Fsp3) is 0.647. The smallest absolute Gasteiger partial charge is 0.233 e. The summed E-state index contributed by atoms with van der Waals surface area (Å²) in [6.45, 7) is 11.6. The van der Waals surface area contributed by atoms with Gasteiger partial charge in [0.05, 0.1) is 10.4 Å². The molecule has 1 saturated heterocycles. The van der Waals surface area contributed by atoms with Crippen molar-refractivity contribution < 1.29 is 4.42 Å². The van der Waals surface area contributed by atoms with Crippen LogP contribution >= 0.6 is 22.9 Å². The lowest BCUT2D eigenvalue weighted by molar-refractivity contribution is 0.0873. The Morgan fingerprint density at radius 3 is 2.54 bits per heavy atom. The van der Waals surface area contributed by atoms with Crippen LogP contribution in [0.1, 0.15) is 43.5 Å². The predicted octanol–water partition coefficient (Wildman–Crippen LogP) is 3.86. The van der Waals surface area contributed by atoms with Gasteiger partial charge in [0.15, 0.2) is 0 Å². The van der Waals surface area contributed by atoms with Crippen molar-refractivity contribution in [1.29, 1.82) is 0 Å². The Labute approximate surface area is 152 Å². The third-order valence-electron chi connectivity index (χ3n) is 4.39. The number of thiophene rings is 1. The van der Waals surface area contributed by atoms with Crippen molar-refractivity contribution in [2.75, 3.05) is 26.2 Å². The van der Waals surface area contributed by atoms with Gasteiger partial charge in [0.1, 0.15) is 0 Å². The summed E-state index contributed by atoms with van der Waals surface area (Å²) in [4.78, 5) is 6.23. The van der Waals surface area contributed by atoms with Gasteiger partial charge < -0.3 is 4.42 Å². The molecule has 1 aliphatic heterocycles. The van der Waals surface area contributed by atoms with E-state index in [0.29, 0.717) is 5.92 Å². The van der Waals surface area contributed by atoms with Crippen LogP contribution in [-0.2, 0) is 13.0 Å². The Kier molecular flexibility index (Phi) is 5.92.